The minimum absolute atomic E-state index is 0.250. The average Bonchev–Trinajstić information content (AvgIpc) is 2.68. The predicted octanol–water partition coefficient (Wildman–Crippen LogP) is 2.21. The Morgan fingerprint density at radius 3 is 2.44 bits per heavy atom. The van der Waals surface area contributed by atoms with Gasteiger partial charge in [-0.2, -0.15) is 0 Å². The third kappa shape index (κ3) is 3.33. The van der Waals surface area contributed by atoms with Gasteiger partial charge in [0.05, 0.1) is 6.61 Å². The minimum Gasteiger partial charge on any atom is -0.384 e. The van der Waals surface area contributed by atoms with Crippen molar-refractivity contribution < 1.29 is 9.53 Å². The summed E-state index contributed by atoms with van der Waals surface area (Å²) >= 11 is 0. The number of fused-ring (bicyclic) bond motifs is 1. The first kappa shape index (κ1) is 14.0. The number of hydrogen-bond acceptors (Lipinski definition) is 3. The molecule has 0 bridgehead atoms. The zero-order chi connectivity index (χ0) is 13.3. The van der Waals surface area contributed by atoms with E-state index >= 15 is 0 Å². The topological polar surface area (TPSA) is 29.5 Å². The average molecular weight is 253 g/mol. The zero-order valence-corrected chi connectivity index (χ0v) is 12.2. The van der Waals surface area contributed by atoms with Crippen molar-refractivity contribution in [2.75, 3.05) is 33.4 Å². The maximum absolute atomic E-state index is 11.0. The van der Waals surface area contributed by atoms with Crippen LogP contribution >= 0.6 is 0 Å². The highest BCUT2D eigenvalue weighted by Gasteiger charge is 2.55. The summed E-state index contributed by atoms with van der Waals surface area (Å²) in [5, 5.41) is 0. The zero-order valence-electron chi connectivity index (χ0n) is 12.2. The lowest BCUT2D eigenvalue weighted by molar-refractivity contribution is -0.117. The molecule has 2 aliphatic rings. The van der Waals surface area contributed by atoms with Crippen molar-refractivity contribution in [3.63, 3.8) is 0 Å². The van der Waals surface area contributed by atoms with Crippen molar-refractivity contribution in [3.05, 3.63) is 0 Å². The molecule has 1 heterocycles. The van der Waals surface area contributed by atoms with Gasteiger partial charge in [-0.1, -0.05) is 13.8 Å². The Bertz CT molecular complexity index is 302. The van der Waals surface area contributed by atoms with Crippen LogP contribution in [0.5, 0.6) is 0 Å². The molecule has 0 aromatic heterocycles. The molecule has 3 heteroatoms. The van der Waals surface area contributed by atoms with E-state index in [2.05, 4.69) is 18.7 Å². The summed E-state index contributed by atoms with van der Waals surface area (Å²) in [6.07, 6.45) is 1.91. The number of Topliss-reactive ketones (excluding diaryl/α,β-unsaturated/α-hetero) is 1. The van der Waals surface area contributed by atoms with Crippen molar-refractivity contribution in [2.45, 2.75) is 33.6 Å². The molecule has 0 radical (unpaired) electrons. The largest absolute Gasteiger partial charge is 0.384 e. The second-order valence-electron chi connectivity index (χ2n) is 7.02. The lowest BCUT2D eigenvalue weighted by Crippen LogP contribution is -2.37. The number of carbonyl (C=O) groups is 1. The Kier molecular flexibility index (Phi) is 4.12. The van der Waals surface area contributed by atoms with Crippen molar-refractivity contribution in [3.8, 4) is 0 Å². The van der Waals surface area contributed by atoms with Gasteiger partial charge in [0.15, 0.2) is 0 Å². The second-order valence-corrected chi connectivity index (χ2v) is 7.02. The van der Waals surface area contributed by atoms with Gasteiger partial charge < -0.3 is 14.4 Å². The molecule has 0 aromatic carbocycles. The molecule has 3 nitrogen and oxygen atoms in total. The lowest BCUT2D eigenvalue weighted by Gasteiger charge is -2.30. The van der Waals surface area contributed by atoms with Crippen LogP contribution in [0.4, 0.5) is 0 Å². The van der Waals surface area contributed by atoms with Crippen LogP contribution in [-0.2, 0) is 9.53 Å². The van der Waals surface area contributed by atoms with E-state index in [1.54, 1.807) is 14.0 Å². The Balaban J connectivity index is 1.69. The van der Waals surface area contributed by atoms with E-state index in [4.69, 9.17) is 4.74 Å². The number of likely N-dealkylation sites (tertiary alicyclic amines) is 1. The number of nitrogens with zero attached hydrogens (tertiary/aromatic N) is 1. The second kappa shape index (κ2) is 5.30. The van der Waals surface area contributed by atoms with Crippen LogP contribution in [0.25, 0.3) is 0 Å². The molecule has 2 unspecified atom stereocenters. The molecular formula is C15H27NO2. The first-order chi connectivity index (χ1) is 8.43. The molecule has 1 aliphatic heterocycles. The Labute approximate surface area is 111 Å². The molecule has 104 valence electrons. The highest BCUT2D eigenvalue weighted by molar-refractivity contribution is 5.75. The van der Waals surface area contributed by atoms with Crippen LogP contribution in [0.15, 0.2) is 0 Å². The molecule has 2 fully saturated rings. The summed E-state index contributed by atoms with van der Waals surface area (Å²) in [6.45, 7) is 10.7. The molecule has 2 rings (SSSR count). The molecule has 0 aromatic rings. The predicted molar refractivity (Wildman–Crippen MR) is 72.5 cm³/mol. The van der Waals surface area contributed by atoms with Crippen molar-refractivity contribution in [2.24, 2.45) is 23.2 Å². The van der Waals surface area contributed by atoms with E-state index in [-0.39, 0.29) is 5.41 Å². The van der Waals surface area contributed by atoms with Crippen LogP contribution in [0.1, 0.15) is 33.6 Å². The number of ether oxygens (including phenoxy) is 1. The summed E-state index contributed by atoms with van der Waals surface area (Å²) in [6, 6.07) is 0. The lowest BCUT2D eigenvalue weighted by atomic mass is 9.94. The fourth-order valence-corrected chi connectivity index (χ4v) is 3.71. The smallest absolute Gasteiger partial charge is 0.129 e. The summed E-state index contributed by atoms with van der Waals surface area (Å²) in [4.78, 5) is 13.6. The molecule has 0 spiro atoms. The maximum atomic E-state index is 11.0. The summed E-state index contributed by atoms with van der Waals surface area (Å²) in [7, 11) is 1.78. The Hall–Kier alpha value is -0.410. The van der Waals surface area contributed by atoms with Crippen LogP contribution in [-0.4, -0.2) is 44.0 Å². The summed E-state index contributed by atoms with van der Waals surface area (Å²) in [5.41, 5.74) is 0.250. The van der Waals surface area contributed by atoms with Gasteiger partial charge in [-0.05, 0) is 31.1 Å². The Morgan fingerprint density at radius 2 is 1.94 bits per heavy atom. The first-order valence-electron chi connectivity index (χ1n) is 7.14. The van der Waals surface area contributed by atoms with Gasteiger partial charge in [-0.25, -0.2) is 0 Å². The highest BCUT2D eigenvalue weighted by Crippen LogP contribution is 2.54. The van der Waals surface area contributed by atoms with E-state index in [1.807, 2.05) is 0 Å². The molecular weight excluding hydrogens is 226 g/mol. The van der Waals surface area contributed by atoms with Gasteiger partial charge in [0, 0.05) is 38.6 Å². The number of hydrogen-bond donors (Lipinski definition) is 0. The van der Waals surface area contributed by atoms with Crippen molar-refractivity contribution in [1.29, 1.82) is 0 Å². The van der Waals surface area contributed by atoms with Gasteiger partial charge >= 0.3 is 0 Å². The minimum atomic E-state index is 0.250. The monoisotopic (exact) mass is 253 g/mol. The van der Waals surface area contributed by atoms with Crippen LogP contribution in [0.2, 0.25) is 0 Å². The van der Waals surface area contributed by atoms with Gasteiger partial charge in [-0.3, -0.25) is 0 Å². The van der Waals surface area contributed by atoms with Gasteiger partial charge in [-0.15, -0.1) is 0 Å². The molecule has 0 N–H and O–H groups in total. The van der Waals surface area contributed by atoms with Crippen molar-refractivity contribution in [1.82, 2.24) is 4.90 Å². The van der Waals surface area contributed by atoms with E-state index in [0.717, 1.165) is 43.7 Å². The normalized spacial score (nSPS) is 31.4. The Morgan fingerprint density at radius 1 is 1.33 bits per heavy atom. The van der Waals surface area contributed by atoms with Crippen LogP contribution in [0.3, 0.4) is 0 Å². The molecule has 1 aliphatic carbocycles. The van der Waals surface area contributed by atoms with Crippen LogP contribution in [0, 0.1) is 23.2 Å². The summed E-state index contributed by atoms with van der Waals surface area (Å²) < 4.78 is 5.28. The number of carbonyl (C=O) groups excluding carboxylic acids is 1. The highest BCUT2D eigenvalue weighted by atomic mass is 16.5. The quantitative estimate of drug-likeness (QED) is 0.696. The molecule has 0 amide bonds. The number of methoxy groups -OCH3 is 1. The van der Waals surface area contributed by atoms with Crippen molar-refractivity contribution >= 4 is 5.78 Å². The first-order valence-corrected chi connectivity index (χ1v) is 7.14. The third-order valence-corrected chi connectivity index (χ3v) is 4.46. The fraction of sp³-hybridized carbons (Fsp3) is 0.933. The van der Waals surface area contributed by atoms with E-state index in [1.165, 1.54) is 13.1 Å². The van der Waals surface area contributed by atoms with Gasteiger partial charge in [0.2, 0.25) is 0 Å². The number of rotatable bonds is 7. The maximum Gasteiger partial charge on any atom is 0.129 e. The number of piperidine rings is 1. The fourth-order valence-electron chi connectivity index (χ4n) is 3.71. The summed E-state index contributed by atoms with van der Waals surface area (Å²) in [5.74, 6) is 2.94. The molecule has 18 heavy (non-hydrogen) atoms. The molecule has 2 atom stereocenters. The molecule has 1 saturated heterocycles. The third-order valence-electron chi connectivity index (χ3n) is 4.46. The SMILES string of the molecule is COCC(C)(C)CN1CC2C(CCC(C)=O)C2C1. The van der Waals surface area contributed by atoms with E-state index in [0.29, 0.717) is 5.78 Å². The number of ketones is 1. The van der Waals surface area contributed by atoms with Gasteiger partial charge in [0.1, 0.15) is 5.78 Å². The van der Waals surface area contributed by atoms with E-state index < -0.39 is 0 Å². The van der Waals surface area contributed by atoms with E-state index in [9.17, 15) is 4.79 Å². The van der Waals surface area contributed by atoms with Gasteiger partial charge in [0.25, 0.3) is 0 Å². The standard InChI is InChI=1S/C15H27NO2/c1-11(17)5-6-12-13-7-16(8-14(12)13)9-15(2,3)10-18-4/h12-14H,5-10H2,1-4H3. The van der Waals surface area contributed by atoms with Crippen LogP contribution < -0.4 is 0 Å². The molecule has 1 saturated carbocycles.